The summed E-state index contributed by atoms with van der Waals surface area (Å²) >= 11 is 3.27. The van der Waals surface area contributed by atoms with Crippen molar-refractivity contribution >= 4 is 37.5 Å². The SMILES string of the molecule is CCOc1ccc(C(=O)N2CCN(S(=O)(=O)c3cccc(Br)c3)CC2)cc1[N+](=O)[O-]. The summed E-state index contributed by atoms with van der Waals surface area (Å²) in [5.74, 6) is -0.287. The highest BCUT2D eigenvalue weighted by Crippen LogP contribution is 2.29. The van der Waals surface area contributed by atoms with Gasteiger partial charge in [-0.3, -0.25) is 14.9 Å². The fourth-order valence-electron chi connectivity index (χ4n) is 3.16. The minimum atomic E-state index is -3.67. The predicted octanol–water partition coefficient (Wildman–Crippen LogP) is 2.90. The zero-order chi connectivity index (χ0) is 21.9. The van der Waals surface area contributed by atoms with Crippen LogP contribution < -0.4 is 4.74 Å². The number of sulfonamides is 1. The molecule has 0 N–H and O–H groups in total. The van der Waals surface area contributed by atoms with E-state index in [0.717, 1.165) is 0 Å². The maximum absolute atomic E-state index is 12.8. The summed E-state index contributed by atoms with van der Waals surface area (Å²) in [5, 5.41) is 11.3. The van der Waals surface area contributed by atoms with Crippen molar-refractivity contribution in [2.24, 2.45) is 0 Å². The molecule has 0 aromatic heterocycles. The quantitative estimate of drug-likeness (QED) is 0.448. The Hall–Kier alpha value is -2.50. The largest absolute Gasteiger partial charge is 0.487 e. The molecule has 1 heterocycles. The van der Waals surface area contributed by atoms with Crippen molar-refractivity contribution in [2.45, 2.75) is 11.8 Å². The second kappa shape index (κ2) is 9.11. The first-order chi connectivity index (χ1) is 14.2. The van der Waals surface area contributed by atoms with Crippen LogP contribution in [0, 0.1) is 10.1 Å². The van der Waals surface area contributed by atoms with E-state index in [1.807, 2.05) is 0 Å². The molecule has 3 rings (SSSR count). The van der Waals surface area contributed by atoms with Crippen molar-refractivity contribution in [3.63, 3.8) is 0 Å². The number of nitro groups is 1. The molecular weight excluding hydrogens is 478 g/mol. The normalized spacial score (nSPS) is 15.1. The standard InChI is InChI=1S/C19H20BrN3O6S/c1-2-29-18-7-6-14(12-17(18)23(25)26)19(24)21-8-10-22(11-9-21)30(27,28)16-5-3-4-15(20)13-16/h3-7,12-13H,2,8-11H2,1H3. The van der Waals surface area contributed by atoms with Crippen molar-refractivity contribution in [2.75, 3.05) is 32.8 Å². The molecule has 1 amide bonds. The van der Waals surface area contributed by atoms with Gasteiger partial charge in [0.1, 0.15) is 0 Å². The molecular formula is C19H20BrN3O6S. The molecule has 2 aromatic rings. The monoisotopic (exact) mass is 497 g/mol. The van der Waals surface area contributed by atoms with Gasteiger partial charge in [-0.2, -0.15) is 4.31 Å². The fraction of sp³-hybridized carbons (Fsp3) is 0.316. The summed E-state index contributed by atoms with van der Waals surface area (Å²) in [6.45, 7) is 2.63. The van der Waals surface area contributed by atoms with Crippen LogP contribution in [-0.4, -0.2) is 61.2 Å². The van der Waals surface area contributed by atoms with E-state index in [0.29, 0.717) is 4.47 Å². The van der Waals surface area contributed by atoms with Crippen LogP contribution in [0.1, 0.15) is 17.3 Å². The number of hydrogen-bond acceptors (Lipinski definition) is 6. The zero-order valence-electron chi connectivity index (χ0n) is 16.2. The van der Waals surface area contributed by atoms with Crippen LogP contribution in [0.4, 0.5) is 5.69 Å². The number of halogens is 1. The van der Waals surface area contributed by atoms with E-state index in [2.05, 4.69) is 15.9 Å². The zero-order valence-corrected chi connectivity index (χ0v) is 18.6. The van der Waals surface area contributed by atoms with Crippen molar-refractivity contribution in [1.82, 2.24) is 9.21 Å². The molecule has 0 aliphatic carbocycles. The van der Waals surface area contributed by atoms with Crippen LogP contribution in [0.5, 0.6) is 5.75 Å². The number of carbonyl (C=O) groups is 1. The number of amides is 1. The number of carbonyl (C=O) groups excluding carboxylic acids is 1. The molecule has 11 heteroatoms. The Balaban J connectivity index is 1.73. The third-order valence-corrected chi connectivity index (χ3v) is 7.05. The number of nitrogens with zero attached hydrogens (tertiary/aromatic N) is 3. The summed E-state index contributed by atoms with van der Waals surface area (Å²) in [6.07, 6.45) is 0. The van der Waals surface area contributed by atoms with Gasteiger partial charge in [0, 0.05) is 42.3 Å². The minimum absolute atomic E-state index is 0.101. The lowest BCUT2D eigenvalue weighted by Gasteiger charge is -2.34. The van der Waals surface area contributed by atoms with Crippen LogP contribution >= 0.6 is 15.9 Å². The Bertz CT molecular complexity index is 1070. The number of nitro benzene ring substituents is 1. The van der Waals surface area contributed by atoms with E-state index in [4.69, 9.17) is 4.74 Å². The second-order valence-electron chi connectivity index (χ2n) is 6.53. The lowest BCUT2D eigenvalue weighted by Crippen LogP contribution is -2.50. The first-order valence-electron chi connectivity index (χ1n) is 9.20. The minimum Gasteiger partial charge on any atom is -0.487 e. The molecule has 9 nitrogen and oxygen atoms in total. The highest BCUT2D eigenvalue weighted by molar-refractivity contribution is 9.10. The first kappa shape index (κ1) is 22.2. The van der Waals surface area contributed by atoms with Gasteiger partial charge in [-0.05, 0) is 37.3 Å². The van der Waals surface area contributed by atoms with Gasteiger partial charge in [0.2, 0.25) is 10.0 Å². The number of piperazine rings is 1. The van der Waals surface area contributed by atoms with Crippen molar-refractivity contribution in [3.8, 4) is 5.75 Å². The molecule has 1 aliphatic rings. The van der Waals surface area contributed by atoms with E-state index in [1.165, 1.54) is 39.5 Å². The third-order valence-electron chi connectivity index (χ3n) is 4.66. The lowest BCUT2D eigenvalue weighted by atomic mass is 10.1. The van der Waals surface area contributed by atoms with Crippen LogP contribution in [0.25, 0.3) is 0 Å². The highest BCUT2D eigenvalue weighted by atomic mass is 79.9. The summed E-state index contributed by atoms with van der Waals surface area (Å²) in [5.41, 5.74) is -0.119. The molecule has 0 saturated carbocycles. The molecule has 2 aromatic carbocycles. The molecule has 1 saturated heterocycles. The van der Waals surface area contributed by atoms with Gasteiger partial charge in [-0.15, -0.1) is 0 Å². The Morgan fingerprint density at radius 3 is 2.47 bits per heavy atom. The molecule has 0 spiro atoms. The maximum atomic E-state index is 12.8. The Morgan fingerprint density at radius 2 is 1.87 bits per heavy atom. The smallest absolute Gasteiger partial charge is 0.311 e. The van der Waals surface area contributed by atoms with E-state index in [1.54, 1.807) is 19.1 Å². The van der Waals surface area contributed by atoms with Crippen molar-refractivity contribution in [3.05, 3.63) is 62.6 Å². The molecule has 160 valence electrons. The van der Waals surface area contributed by atoms with Gasteiger partial charge < -0.3 is 9.64 Å². The molecule has 0 radical (unpaired) electrons. The Morgan fingerprint density at radius 1 is 1.17 bits per heavy atom. The Labute approximate surface area is 182 Å². The van der Waals surface area contributed by atoms with Crippen molar-refractivity contribution in [1.29, 1.82) is 0 Å². The van der Waals surface area contributed by atoms with E-state index < -0.39 is 14.9 Å². The Kier molecular flexibility index (Phi) is 6.74. The summed E-state index contributed by atoms with van der Waals surface area (Å²) < 4.78 is 32.9. The lowest BCUT2D eigenvalue weighted by molar-refractivity contribution is -0.385. The fourth-order valence-corrected chi connectivity index (χ4v) is 5.18. The molecule has 1 fully saturated rings. The van der Waals surface area contributed by atoms with E-state index in [9.17, 15) is 23.3 Å². The van der Waals surface area contributed by atoms with Gasteiger partial charge in [0.05, 0.1) is 16.4 Å². The summed E-state index contributed by atoms with van der Waals surface area (Å²) in [4.78, 5) is 25.2. The molecule has 1 aliphatic heterocycles. The molecule has 0 unspecified atom stereocenters. The first-order valence-corrected chi connectivity index (χ1v) is 11.4. The molecule has 0 bridgehead atoms. The molecule has 0 atom stereocenters. The van der Waals surface area contributed by atoms with Gasteiger partial charge in [-0.1, -0.05) is 22.0 Å². The topological polar surface area (TPSA) is 110 Å². The van der Waals surface area contributed by atoms with Gasteiger partial charge in [-0.25, -0.2) is 8.42 Å². The van der Waals surface area contributed by atoms with Crippen LogP contribution in [0.3, 0.4) is 0 Å². The summed E-state index contributed by atoms with van der Waals surface area (Å²) in [6, 6.07) is 10.5. The average Bonchev–Trinajstić information content (AvgIpc) is 2.73. The number of hydrogen-bond donors (Lipinski definition) is 0. The van der Waals surface area contributed by atoms with E-state index >= 15 is 0 Å². The third kappa shape index (κ3) is 4.63. The van der Waals surface area contributed by atoms with Crippen molar-refractivity contribution < 1.29 is 22.9 Å². The van der Waals surface area contributed by atoms with Crippen LogP contribution in [0.2, 0.25) is 0 Å². The number of benzene rings is 2. The predicted molar refractivity (Wildman–Crippen MR) is 113 cm³/mol. The number of rotatable bonds is 6. The van der Waals surface area contributed by atoms with Gasteiger partial charge in [0.15, 0.2) is 5.75 Å². The average molecular weight is 498 g/mol. The second-order valence-corrected chi connectivity index (χ2v) is 9.38. The van der Waals surface area contributed by atoms with Gasteiger partial charge in [0.25, 0.3) is 5.91 Å². The van der Waals surface area contributed by atoms with Crippen LogP contribution in [-0.2, 0) is 10.0 Å². The summed E-state index contributed by atoms with van der Waals surface area (Å²) in [7, 11) is -3.67. The maximum Gasteiger partial charge on any atom is 0.311 e. The van der Waals surface area contributed by atoms with Crippen LogP contribution in [0.15, 0.2) is 51.8 Å². The van der Waals surface area contributed by atoms with E-state index in [-0.39, 0.29) is 60.6 Å². The molecule has 30 heavy (non-hydrogen) atoms. The highest BCUT2D eigenvalue weighted by Gasteiger charge is 2.31. The van der Waals surface area contributed by atoms with Gasteiger partial charge >= 0.3 is 5.69 Å². The number of ether oxygens (including phenoxy) is 1.